The fraction of sp³-hybridized carbons (Fsp3) is 0.0667. The molecule has 19 heavy (non-hydrogen) atoms. The molecule has 0 amide bonds. The van der Waals surface area contributed by atoms with Crippen LogP contribution in [-0.4, -0.2) is 9.86 Å². The van der Waals surface area contributed by atoms with E-state index >= 15 is 0 Å². The average molecular weight is 269 g/mol. The zero-order chi connectivity index (χ0) is 13.4. The van der Waals surface area contributed by atoms with Crippen molar-refractivity contribution in [2.75, 3.05) is 0 Å². The Morgan fingerprint density at radius 3 is 2.42 bits per heavy atom. The van der Waals surface area contributed by atoms with E-state index in [9.17, 15) is 9.59 Å². The standard InChI is InChI=1S/C15H11NO2S/c1-10-6-8-11(9-7-10)14(17)16-15(18)12-4-2-3-5-13(12)19-16/h2-9H,1H3. The quantitative estimate of drug-likeness (QED) is 0.681. The van der Waals surface area contributed by atoms with Crippen molar-refractivity contribution in [1.29, 1.82) is 0 Å². The fourth-order valence-corrected chi connectivity index (χ4v) is 2.88. The van der Waals surface area contributed by atoms with Gasteiger partial charge in [0.05, 0.1) is 10.1 Å². The molecule has 3 rings (SSSR count). The molecule has 0 atom stereocenters. The normalized spacial score (nSPS) is 10.8. The van der Waals surface area contributed by atoms with E-state index in [1.807, 2.05) is 31.2 Å². The van der Waals surface area contributed by atoms with Gasteiger partial charge in [-0.15, -0.1) is 0 Å². The largest absolute Gasteiger partial charge is 0.275 e. The van der Waals surface area contributed by atoms with E-state index in [0.717, 1.165) is 10.3 Å². The van der Waals surface area contributed by atoms with Crippen molar-refractivity contribution in [2.24, 2.45) is 0 Å². The first kappa shape index (κ1) is 11.9. The maximum absolute atomic E-state index is 12.3. The molecule has 0 unspecified atom stereocenters. The molecule has 0 bridgehead atoms. The lowest BCUT2D eigenvalue weighted by Crippen LogP contribution is -2.21. The van der Waals surface area contributed by atoms with Crippen LogP contribution in [0.5, 0.6) is 0 Å². The van der Waals surface area contributed by atoms with Gasteiger partial charge in [-0.25, -0.2) is 0 Å². The van der Waals surface area contributed by atoms with Gasteiger partial charge in [0.25, 0.3) is 11.5 Å². The molecule has 0 aliphatic rings. The minimum Gasteiger partial charge on any atom is -0.267 e. The third kappa shape index (κ3) is 2.00. The lowest BCUT2D eigenvalue weighted by molar-refractivity contribution is 0.0969. The number of hydrogen-bond donors (Lipinski definition) is 0. The summed E-state index contributed by atoms with van der Waals surface area (Å²) in [5, 5.41) is 0.591. The Morgan fingerprint density at radius 2 is 1.74 bits per heavy atom. The molecular formula is C15H11NO2S. The SMILES string of the molecule is Cc1ccc(C(=O)n2sc3ccccc3c2=O)cc1. The van der Waals surface area contributed by atoms with Crippen molar-refractivity contribution in [1.82, 2.24) is 3.96 Å². The van der Waals surface area contributed by atoms with Crippen molar-refractivity contribution in [3.63, 3.8) is 0 Å². The van der Waals surface area contributed by atoms with E-state index in [0.29, 0.717) is 10.9 Å². The number of rotatable bonds is 1. The summed E-state index contributed by atoms with van der Waals surface area (Å²) < 4.78 is 2.04. The Hall–Kier alpha value is -2.20. The van der Waals surface area contributed by atoms with Gasteiger partial charge < -0.3 is 0 Å². The molecule has 94 valence electrons. The summed E-state index contributed by atoms with van der Waals surface area (Å²) in [6.07, 6.45) is 0. The van der Waals surface area contributed by atoms with Crippen LogP contribution in [0.25, 0.3) is 10.1 Å². The number of carbonyl (C=O) groups excluding carboxylic acids is 1. The highest BCUT2D eigenvalue weighted by Gasteiger charge is 2.14. The Morgan fingerprint density at radius 1 is 1.05 bits per heavy atom. The Labute approximate surface area is 113 Å². The van der Waals surface area contributed by atoms with Crippen LogP contribution in [0, 0.1) is 6.92 Å². The maximum Gasteiger partial charge on any atom is 0.275 e. The highest BCUT2D eigenvalue weighted by Crippen LogP contribution is 2.17. The smallest absolute Gasteiger partial charge is 0.267 e. The molecule has 0 N–H and O–H groups in total. The van der Waals surface area contributed by atoms with Crippen LogP contribution in [0.2, 0.25) is 0 Å². The molecule has 0 aliphatic heterocycles. The topological polar surface area (TPSA) is 39.1 Å². The second-order valence-electron chi connectivity index (χ2n) is 4.36. The van der Waals surface area contributed by atoms with Crippen LogP contribution in [0.15, 0.2) is 53.3 Å². The zero-order valence-electron chi connectivity index (χ0n) is 10.3. The molecule has 0 saturated carbocycles. The van der Waals surface area contributed by atoms with Crippen LogP contribution in [0.1, 0.15) is 15.9 Å². The van der Waals surface area contributed by atoms with Crippen molar-refractivity contribution < 1.29 is 4.79 Å². The lowest BCUT2D eigenvalue weighted by Gasteiger charge is -2.00. The molecular weight excluding hydrogens is 258 g/mol. The first-order valence-electron chi connectivity index (χ1n) is 5.89. The second kappa shape index (κ2) is 4.48. The minimum atomic E-state index is -0.272. The summed E-state index contributed by atoms with van der Waals surface area (Å²) in [6, 6.07) is 14.5. The predicted molar refractivity (Wildman–Crippen MR) is 77.0 cm³/mol. The highest BCUT2D eigenvalue weighted by molar-refractivity contribution is 7.14. The third-order valence-corrected chi connectivity index (χ3v) is 4.04. The number of nitrogens with zero attached hydrogens (tertiary/aromatic N) is 1. The lowest BCUT2D eigenvalue weighted by atomic mass is 10.1. The van der Waals surface area contributed by atoms with E-state index in [2.05, 4.69) is 0 Å². The van der Waals surface area contributed by atoms with Gasteiger partial charge >= 0.3 is 0 Å². The Kier molecular flexibility index (Phi) is 2.80. The number of hydrogen-bond acceptors (Lipinski definition) is 3. The molecule has 3 aromatic rings. The van der Waals surface area contributed by atoms with Gasteiger partial charge in [-0.05, 0) is 42.7 Å². The van der Waals surface area contributed by atoms with E-state index in [-0.39, 0.29) is 11.5 Å². The van der Waals surface area contributed by atoms with Gasteiger partial charge in [-0.1, -0.05) is 29.8 Å². The first-order chi connectivity index (χ1) is 9.16. The highest BCUT2D eigenvalue weighted by atomic mass is 32.1. The zero-order valence-corrected chi connectivity index (χ0v) is 11.1. The predicted octanol–water partition coefficient (Wildman–Crippen LogP) is 3.06. The third-order valence-electron chi connectivity index (χ3n) is 2.97. The summed E-state index contributed by atoms with van der Waals surface area (Å²) in [5.74, 6) is -0.272. The van der Waals surface area contributed by atoms with Crippen molar-refractivity contribution in [2.45, 2.75) is 6.92 Å². The molecule has 0 spiro atoms. The number of aromatic nitrogens is 1. The van der Waals surface area contributed by atoms with Crippen LogP contribution >= 0.6 is 11.5 Å². The van der Waals surface area contributed by atoms with Crippen molar-refractivity contribution >= 4 is 27.5 Å². The Bertz CT molecular complexity index is 812. The van der Waals surface area contributed by atoms with E-state index in [1.54, 1.807) is 24.3 Å². The first-order valence-corrected chi connectivity index (χ1v) is 6.66. The molecule has 0 radical (unpaired) electrons. The van der Waals surface area contributed by atoms with Crippen LogP contribution in [0.4, 0.5) is 0 Å². The fourth-order valence-electron chi connectivity index (χ4n) is 1.92. The summed E-state index contributed by atoms with van der Waals surface area (Å²) in [6.45, 7) is 1.96. The summed E-state index contributed by atoms with van der Waals surface area (Å²) in [7, 11) is 0. The minimum absolute atomic E-state index is 0.244. The Balaban J connectivity index is 2.14. The van der Waals surface area contributed by atoms with Gasteiger partial charge in [0.15, 0.2) is 0 Å². The van der Waals surface area contributed by atoms with Crippen molar-refractivity contribution in [3.05, 3.63) is 70.0 Å². The number of benzene rings is 2. The molecule has 4 heteroatoms. The molecule has 1 heterocycles. The summed E-state index contributed by atoms with van der Waals surface area (Å²) in [5.41, 5.74) is 1.37. The summed E-state index contributed by atoms with van der Waals surface area (Å²) in [4.78, 5) is 24.5. The molecule has 0 aliphatic carbocycles. The van der Waals surface area contributed by atoms with Crippen LogP contribution < -0.4 is 5.56 Å². The second-order valence-corrected chi connectivity index (χ2v) is 5.35. The molecule has 1 aromatic heterocycles. The van der Waals surface area contributed by atoms with Crippen LogP contribution in [0.3, 0.4) is 0 Å². The summed E-state index contributed by atoms with van der Waals surface area (Å²) >= 11 is 1.19. The van der Waals surface area contributed by atoms with Gasteiger partial charge in [-0.3, -0.25) is 9.59 Å². The molecule has 0 fully saturated rings. The van der Waals surface area contributed by atoms with Gasteiger partial charge in [-0.2, -0.15) is 3.96 Å². The number of fused-ring (bicyclic) bond motifs is 1. The number of carbonyl (C=O) groups is 1. The maximum atomic E-state index is 12.3. The molecule has 2 aromatic carbocycles. The van der Waals surface area contributed by atoms with E-state index in [4.69, 9.17) is 0 Å². The van der Waals surface area contributed by atoms with E-state index < -0.39 is 0 Å². The molecule has 0 saturated heterocycles. The average Bonchev–Trinajstić information content (AvgIpc) is 2.77. The van der Waals surface area contributed by atoms with E-state index in [1.165, 1.54) is 15.5 Å². The van der Waals surface area contributed by atoms with Gasteiger partial charge in [0, 0.05) is 5.56 Å². The van der Waals surface area contributed by atoms with Gasteiger partial charge in [0.1, 0.15) is 0 Å². The van der Waals surface area contributed by atoms with Gasteiger partial charge in [0.2, 0.25) is 0 Å². The van der Waals surface area contributed by atoms with Crippen molar-refractivity contribution in [3.8, 4) is 0 Å². The van der Waals surface area contributed by atoms with Crippen LogP contribution in [-0.2, 0) is 0 Å². The number of aryl methyl sites for hydroxylation is 1. The monoisotopic (exact) mass is 269 g/mol. The molecule has 3 nitrogen and oxygen atoms in total.